The molecule has 0 radical (unpaired) electrons. The van der Waals surface area contributed by atoms with Gasteiger partial charge in [0, 0.05) is 20.0 Å². The second-order valence-corrected chi connectivity index (χ2v) is 6.58. The molecule has 24 heavy (non-hydrogen) atoms. The number of benzene rings is 1. The fourth-order valence-electron chi connectivity index (χ4n) is 3.10. The monoisotopic (exact) mass is 334 g/mol. The third kappa shape index (κ3) is 6.13. The Balaban J connectivity index is 1.65. The second kappa shape index (κ2) is 9.64. The molecule has 1 aliphatic heterocycles. The minimum Gasteiger partial charge on any atom is -0.491 e. The number of aliphatic hydroxyl groups is 1. The molecule has 2 rings (SSSR count). The average Bonchev–Trinajstić information content (AvgIpc) is 2.62. The summed E-state index contributed by atoms with van der Waals surface area (Å²) in [5.74, 6) is 1.39. The molecular weight excluding hydrogens is 304 g/mol. The van der Waals surface area contributed by atoms with Gasteiger partial charge < -0.3 is 20.1 Å². The zero-order valence-corrected chi connectivity index (χ0v) is 14.8. The van der Waals surface area contributed by atoms with Gasteiger partial charge in [-0.15, -0.1) is 0 Å². The van der Waals surface area contributed by atoms with E-state index in [0.717, 1.165) is 38.1 Å². The minimum absolute atomic E-state index is 0.121. The van der Waals surface area contributed by atoms with Crippen molar-refractivity contribution in [2.45, 2.75) is 38.7 Å². The highest BCUT2D eigenvalue weighted by Gasteiger charge is 2.22. The number of β-amino-alcohol motifs (C(OH)–C–C–N with tert-alkyl or cyclic N) is 1. The van der Waals surface area contributed by atoms with Gasteiger partial charge in [0.15, 0.2) is 0 Å². The number of piperidine rings is 1. The van der Waals surface area contributed by atoms with Crippen LogP contribution < -0.4 is 10.1 Å². The van der Waals surface area contributed by atoms with Crippen molar-refractivity contribution in [1.82, 2.24) is 10.2 Å². The predicted molar refractivity (Wildman–Crippen MR) is 95.2 cm³/mol. The molecule has 0 spiro atoms. The van der Waals surface area contributed by atoms with Crippen LogP contribution in [0.3, 0.4) is 0 Å². The molecule has 2 N–H and O–H groups in total. The zero-order valence-electron chi connectivity index (χ0n) is 14.8. The largest absolute Gasteiger partial charge is 0.491 e. The van der Waals surface area contributed by atoms with E-state index in [9.17, 15) is 9.90 Å². The van der Waals surface area contributed by atoms with Gasteiger partial charge in [-0.2, -0.15) is 0 Å². The fraction of sp³-hybridized carbons (Fsp3) is 0.632. The smallest absolute Gasteiger partial charge is 0.220 e. The molecule has 0 aliphatic carbocycles. The van der Waals surface area contributed by atoms with E-state index in [0.29, 0.717) is 25.5 Å². The molecule has 1 aliphatic rings. The molecule has 5 nitrogen and oxygen atoms in total. The number of carbonyl (C=O) groups excluding carboxylic acids is 1. The van der Waals surface area contributed by atoms with Gasteiger partial charge in [0.2, 0.25) is 5.91 Å². The maximum Gasteiger partial charge on any atom is 0.220 e. The summed E-state index contributed by atoms with van der Waals surface area (Å²) in [5.41, 5.74) is 1.28. The zero-order chi connectivity index (χ0) is 17.4. The van der Waals surface area contributed by atoms with Crippen LogP contribution in [0.15, 0.2) is 24.3 Å². The molecule has 1 unspecified atom stereocenters. The van der Waals surface area contributed by atoms with Crippen LogP contribution in [0, 0.1) is 5.92 Å². The number of hydrogen-bond donors (Lipinski definition) is 2. The SMILES string of the molecule is CCc1ccc(OCC(O)CN2CCC(CC(=O)NC)CC2)cc1. The normalized spacial score (nSPS) is 17.5. The van der Waals surface area contributed by atoms with Crippen molar-refractivity contribution in [3.05, 3.63) is 29.8 Å². The summed E-state index contributed by atoms with van der Waals surface area (Å²) in [5, 5.41) is 12.9. The summed E-state index contributed by atoms with van der Waals surface area (Å²) < 4.78 is 5.67. The van der Waals surface area contributed by atoms with E-state index in [2.05, 4.69) is 29.3 Å². The molecule has 0 saturated carbocycles. The van der Waals surface area contributed by atoms with Crippen molar-refractivity contribution in [1.29, 1.82) is 0 Å². The Kier molecular flexibility index (Phi) is 7.53. The number of likely N-dealkylation sites (tertiary alicyclic amines) is 1. The molecule has 1 aromatic rings. The highest BCUT2D eigenvalue weighted by molar-refractivity contribution is 5.75. The summed E-state index contributed by atoms with van der Waals surface area (Å²) in [7, 11) is 1.68. The first kappa shape index (κ1) is 18.7. The van der Waals surface area contributed by atoms with E-state index in [1.165, 1.54) is 5.56 Å². The molecular formula is C19H30N2O3. The average molecular weight is 334 g/mol. The number of nitrogens with zero attached hydrogens (tertiary/aromatic N) is 1. The van der Waals surface area contributed by atoms with Crippen LogP contribution in [0.2, 0.25) is 0 Å². The van der Waals surface area contributed by atoms with Crippen molar-refractivity contribution in [2.75, 3.05) is 33.3 Å². The third-order valence-corrected chi connectivity index (χ3v) is 4.70. The highest BCUT2D eigenvalue weighted by atomic mass is 16.5. The number of carbonyl (C=O) groups is 1. The molecule has 1 amide bonds. The van der Waals surface area contributed by atoms with E-state index in [-0.39, 0.29) is 5.91 Å². The second-order valence-electron chi connectivity index (χ2n) is 6.58. The lowest BCUT2D eigenvalue weighted by Gasteiger charge is -2.32. The molecule has 1 fully saturated rings. The summed E-state index contributed by atoms with van der Waals surface area (Å²) in [6.07, 6.45) is 3.16. The van der Waals surface area contributed by atoms with Gasteiger partial charge in [-0.25, -0.2) is 0 Å². The van der Waals surface area contributed by atoms with E-state index >= 15 is 0 Å². The first-order valence-corrected chi connectivity index (χ1v) is 8.93. The van der Waals surface area contributed by atoms with Gasteiger partial charge in [0.1, 0.15) is 18.5 Å². The highest BCUT2D eigenvalue weighted by Crippen LogP contribution is 2.20. The van der Waals surface area contributed by atoms with Gasteiger partial charge >= 0.3 is 0 Å². The van der Waals surface area contributed by atoms with Gasteiger partial charge in [-0.1, -0.05) is 19.1 Å². The van der Waals surface area contributed by atoms with Crippen LogP contribution in [0.5, 0.6) is 5.75 Å². The molecule has 1 saturated heterocycles. The van der Waals surface area contributed by atoms with E-state index < -0.39 is 6.10 Å². The lowest BCUT2D eigenvalue weighted by Crippen LogP contribution is -2.41. The fourth-order valence-corrected chi connectivity index (χ4v) is 3.10. The van der Waals surface area contributed by atoms with Crippen molar-refractivity contribution in [2.24, 2.45) is 5.92 Å². The Morgan fingerprint density at radius 2 is 2.00 bits per heavy atom. The maximum atomic E-state index is 11.4. The van der Waals surface area contributed by atoms with Gasteiger partial charge in [-0.05, 0) is 56.0 Å². The number of ether oxygens (including phenoxy) is 1. The van der Waals surface area contributed by atoms with Crippen LogP contribution in [-0.4, -0.2) is 55.3 Å². The van der Waals surface area contributed by atoms with E-state index in [4.69, 9.17) is 4.74 Å². The van der Waals surface area contributed by atoms with Crippen molar-refractivity contribution >= 4 is 5.91 Å². The number of nitrogens with one attached hydrogen (secondary N) is 1. The van der Waals surface area contributed by atoms with Gasteiger partial charge in [-0.3, -0.25) is 4.79 Å². The molecule has 1 atom stereocenters. The van der Waals surface area contributed by atoms with Crippen LogP contribution in [0.25, 0.3) is 0 Å². The lowest BCUT2D eigenvalue weighted by molar-refractivity contribution is -0.121. The number of aliphatic hydroxyl groups excluding tert-OH is 1. The number of aryl methyl sites for hydroxylation is 1. The van der Waals surface area contributed by atoms with E-state index in [1.54, 1.807) is 7.05 Å². The topological polar surface area (TPSA) is 61.8 Å². The number of hydrogen-bond acceptors (Lipinski definition) is 4. The Bertz CT molecular complexity index is 496. The van der Waals surface area contributed by atoms with Crippen LogP contribution in [0.1, 0.15) is 31.7 Å². The quantitative estimate of drug-likeness (QED) is 0.761. The summed E-state index contributed by atoms with van der Waals surface area (Å²) >= 11 is 0. The van der Waals surface area contributed by atoms with Crippen molar-refractivity contribution < 1.29 is 14.6 Å². The Morgan fingerprint density at radius 3 is 2.58 bits per heavy atom. The van der Waals surface area contributed by atoms with Gasteiger partial charge in [0.25, 0.3) is 0 Å². The minimum atomic E-state index is -0.494. The number of rotatable bonds is 8. The van der Waals surface area contributed by atoms with E-state index in [1.807, 2.05) is 12.1 Å². The molecule has 1 heterocycles. The summed E-state index contributed by atoms with van der Waals surface area (Å²) in [6, 6.07) is 8.02. The first-order valence-electron chi connectivity index (χ1n) is 8.93. The van der Waals surface area contributed by atoms with Crippen molar-refractivity contribution in [3.8, 4) is 5.75 Å². The standard InChI is InChI=1S/C19H30N2O3/c1-3-15-4-6-18(7-5-15)24-14-17(22)13-21-10-8-16(9-11-21)12-19(23)20-2/h4-7,16-17,22H,3,8-14H2,1-2H3,(H,20,23). The number of amides is 1. The molecule has 0 aromatic heterocycles. The Morgan fingerprint density at radius 1 is 1.33 bits per heavy atom. The molecule has 5 heteroatoms. The van der Waals surface area contributed by atoms with Gasteiger partial charge in [0.05, 0.1) is 0 Å². The lowest BCUT2D eigenvalue weighted by atomic mass is 9.93. The van der Waals surface area contributed by atoms with Crippen molar-refractivity contribution in [3.63, 3.8) is 0 Å². The summed E-state index contributed by atoms with van der Waals surface area (Å²) in [6.45, 7) is 4.93. The molecule has 1 aromatic carbocycles. The third-order valence-electron chi connectivity index (χ3n) is 4.70. The molecule has 134 valence electrons. The maximum absolute atomic E-state index is 11.4. The van der Waals surface area contributed by atoms with Crippen LogP contribution >= 0.6 is 0 Å². The Hall–Kier alpha value is -1.59. The predicted octanol–water partition coefficient (Wildman–Crippen LogP) is 1.84. The Labute approximate surface area is 145 Å². The molecule has 0 bridgehead atoms. The van der Waals surface area contributed by atoms with Crippen LogP contribution in [0.4, 0.5) is 0 Å². The summed E-state index contributed by atoms with van der Waals surface area (Å²) in [4.78, 5) is 13.7. The van der Waals surface area contributed by atoms with Crippen LogP contribution in [-0.2, 0) is 11.2 Å². The first-order chi connectivity index (χ1) is 11.6.